The lowest BCUT2D eigenvalue weighted by Crippen LogP contribution is -2.24. The number of hydrogen-bond donors (Lipinski definition) is 3. The first-order chi connectivity index (χ1) is 7.15. The van der Waals surface area contributed by atoms with E-state index < -0.39 is 0 Å². The van der Waals surface area contributed by atoms with Gasteiger partial charge in [0.05, 0.1) is 6.33 Å². The monoisotopic (exact) mass is 274 g/mol. The molecule has 0 amide bonds. The highest BCUT2D eigenvalue weighted by molar-refractivity contribution is 9.10. The van der Waals surface area contributed by atoms with Crippen LogP contribution < -0.4 is 16.2 Å². The minimum Gasteiger partial charge on any atom is -0.369 e. The molecule has 0 radical (unpaired) electrons. The Morgan fingerprint density at radius 2 is 2.33 bits per heavy atom. The van der Waals surface area contributed by atoms with E-state index in [9.17, 15) is 4.79 Å². The molecule has 0 saturated heterocycles. The smallest absolute Gasteiger partial charge is 0.267 e. The van der Waals surface area contributed by atoms with E-state index in [-0.39, 0.29) is 5.56 Å². The zero-order chi connectivity index (χ0) is 11.3. The van der Waals surface area contributed by atoms with Gasteiger partial charge in [0.2, 0.25) is 0 Å². The van der Waals surface area contributed by atoms with Gasteiger partial charge in [0, 0.05) is 6.54 Å². The maximum Gasteiger partial charge on any atom is 0.267 e. The third-order valence-corrected chi connectivity index (χ3v) is 2.70. The maximum absolute atomic E-state index is 11.2. The van der Waals surface area contributed by atoms with E-state index in [1.807, 2.05) is 7.05 Å². The van der Waals surface area contributed by atoms with Gasteiger partial charge < -0.3 is 15.6 Å². The predicted octanol–water partition coefficient (Wildman–Crippen LogP) is 0.800. The molecule has 1 unspecified atom stereocenters. The first-order valence-corrected chi connectivity index (χ1v) is 5.56. The molecule has 0 saturated carbocycles. The largest absolute Gasteiger partial charge is 0.369 e. The molecule has 1 atom stereocenters. The summed E-state index contributed by atoms with van der Waals surface area (Å²) in [5.74, 6) is 1.06. The van der Waals surface area contributed by atoms with E-state index in [0.717, 1.165) is 13.1 Å². The second-order valence-corrected chi connectivity index (χ2v) is 4.23. The van der Waals surface area contributed by atoms with E-state index >= 15 is 0 Å². The summed E-state index contributed by atoms with van der Waals surface area (Å²) in [5, 5.41) is 6.21. The number of rotatable bonds is 5. The fraction of sp³-hybridized carbons (Fsp3) is 0.556. The van der Waals surface area contributed by atoms with Crippen LogP contribution in [0.25, 0.3) is 0 Å². The van der Waals surface area contributed by atoms with Crippen molar-refractivity contribution in [1.29, 1.82) is 0 Å². The summed E-state index contributed by atoms with van der Waals surface area (Å²) in [4.78, 5) is 17.7. The lowest BCUT2D eigenvalue weighted by molar-refractivity contribution is 0.568. The Labute approximate surface area is 96.8 Å². The third-order valence-electron chi connectivity index (χ3n) is 1.97. The van der Waals surface area contributed by atoms with E-state index in [0.29, 0.717) is 16.2 Å². The average Bonchev–Trinajstić information content (AvgIpc) is 2.21. The minimum atomic E-state index is -0.172. The Bertz CT molecular complexity index is 365. The number of aromatic amines is 1. The van der Waals surface area contributed by atoms with Gasteiger partial charge in [0.15, 0.2) is 0 Å². The Kier molecular flexibility index (Phi) is 4.77. The lowest BCUT2D eigenvalue weighted by Gasteiger charge is -2.12. The summed E-state index contributed by atoms with van der Waals surface area (Å²) >= 11 is 3.18. The van der Waals surface area contributed by atoms with Crippen molar-refractivity contribution in [3.8, 4) is 0 Å². The summed E-state index contributed by atoms with van der Waals surface area (Å²) in [6, 6.07) is 0. The summed E-state index contributed by atoms with van der Waals surface area (Å²) < 4.78 is 0.446. The van der Waals surface area contributed by atoms with Gasteiger partial charge in [0.25, 0.3) is 5.56 Å². The highest BCUT2D eigenvalue weighted by Crippen LogP contribution is 2.13. The van der Waals surface area contributed by atoms with Crippen molar-refractivity contribution in [1.82, 2.24) is 15.3 Å². The van der Waals surface area contributed by atoms with Crippen molar-refractivity contribution in [3.05, 3.63) is 21.2 Å². The summed E-state index contributed by atoms with van der Waals surface area (Å²) in [7, 11) is 1.91. The Morgan fingerprint density at radius 1 is 1.60 bits per heavy atom. The van der Waals surface area contributed by atoms with Crippen LogP contribution in [0.5, 0.6) is 0 Å². The lowest BCUT2D eigenvalue weighted by atomic mass is 10.2. The first kappa shape index (κ1) is 12.2. The minimum absolute atomic E-state index is 0.172. The second-order valence-electron chi connectivity index (χ2n) is 3.44. The van der Waals surface area contributed by atoms with E-state index in [2.05, 4.69) is 43.5 Å². The molecule has 0 fully saturated rings. The highest BCUT2D eigenvalue weighted by Gasteiger charge is 2.06. The number of hydrogen-bond acceptors (Lipinski definition) is 4. The zero-order valence-electron chi connectivity index (χ0n) is 8.80. The molecule has 0 spiro atoms. The molecular weight excluding hydrogens is 260 g/mol. The maximum atomic E-state index is 11.2. The van der Waals surface area contributed by atoms with Crippen molar-refractivity contribution in [2.45, 2.75) is 6.92 Å². The predicted molar refractivity (Wildman–Crippen MR) is 64.1 cm³/mol. The molecule has 3 N–H and O–H groups in total. The number of H-pyrrole nitrogens is 1. The quantitative estimate of drug-likeness (QED) is 0.743. The normalized spacial score (nSPS) is 12.5. The average molecular weight is 275 g/mol. The highest BCUT2D eigenvalue weighted by atomic mass is 79.9. The van der Waals surface area contributed by atoms with Crippen molar-refractivity contribution in [2.75, 3.05) is 25.5 Å². The van der Waals surface area contributed by atoms with Gasteiger partial charge >= 0.3 is 0 Å². The van der Waals surface area contributed by atoms with Crippen LogP contribution in [0.4, 0.5) is 5.82 Å². The van der Waals surface area contributed by atoms with E-state index in [4.69, 9.17) is 0 Å². The number of nitrogens with zero attached hydrogens (tertiary/aromatic N) is 1. The molecular formula is C9H15BrN4O. The molecule has 5 nitrogen and oxygen atoms in total. The van der Waals surface area contributed by atoms with Gasteiger partial charge in [-0.3, -0.25) is 4.79 Å². The Balaban J connectivity index is 2.58. The van der Waals surface area contributed by atoms with E-state index in [1.54, 1.807) is 0 Å². The Hall–Kier alpha value is -0.880. The number of anilines is 1. The molecule has 0 bridgehead atoms. The van der Waals surface area contributed by atoms with Crippen molar-refractivity contribution >= 4 is 21.7 Å². The van der Waals surface area contributed by atoms with Gasteiger partial charge in [0.1, 0.15) is 10.3 Å². The van der Waals surface area contributed by atoms with Crippen LogP contribution in [0.3, 0.4) is 0 Å². The van der Waals surface area contributed by atoms with Gasteiger partial charge in [-0.1, -0.05) is 6.92 Å². The third kappa shape index (κ3) is 3.64. The van der Waals surface area contributed by atoms with Crippen LogP contribution in [0, 0.1) is 5.92 Å². The zero-order valence-corrected chi connectivity index (χ0v) is 10.4. The Morgan fingerprint density at radius 3 is 3.00 bits per heavy atom. The standard InChI is InChI=1S/C9H15BrN4O/c1-6(3-11-2)4-12-8-7(10)9(15)14-5-13-8/h5-6,11H,3-4H2,1-2H3,(H2,12,13,14,15). The van der Waals surface area contributed by atoms with E-state index in [1.165, 1.54) is 6.33 Å². The molecule has 1 aromatic heterocycles. The fourth-order valence-corrected chi connectivity index (χ4v) is 1.55. The van der Waals surface area contributed by atoms with Crippen LogP contribution >= 0.6 is 15.9 Å². The van der Waals surface area contributed by atoms with Crippen LogP contribution in [-0.4, -0.2) is 30.1 Å². The molecule has 0 aromatic carbocycles. The molecule has 1 aromatic rings. The molecule has 0 aliphatic rings. The fourth-order valence-electron chi connectivity index (χ4n) is 1.20. The molecule has 15 heavy (non-hydrogen) atoms. The summed E-state index contributed by atoms with van der Waals surface area (Å²) in [6.45, 7) is 3.81. The van der Waals surface area contributed by atoms with Crippen LogP contribution in [0.15, 0.2) is 15.6 Å². The van der Waals surface area contributed by atoms with Gasteiger partial charge in [-0.15, -0.1) is 0 Å². The molecule has 0 aliphatic heterocycles. The summed E-state index contributed by atoms with van der Waals surface area (Å²) in [5.41, 5.74) is -0.172. The molecule has 84 valence electrons. The number of halogens is 1. The number of nitrogens with one attached hydrogen (secondary N) is 3. The van der Waals surface area contributed by atoms with Crippen molar-refractivity contribution in [3.63, 3.8) is 0 Å². The van der Waals surface area contributed by atoms with Gasteiger partial charge in [-0.25, -0.2) is 4.98 Å². The van der Waals surface area contributed by atoms with Gasteiger partial charge in [-0.05, 0) is 35.4 Å². The van der Waals surface area contributed by atoms with Crippen molar-refractivity contribution in [2.24, 2.45) is 5.92 Å². The molecule has 1 rings (SSSR count). The van der Waals surface area contributed by atoms with Crippen LogP contribution in [0.2, 0.25) is 0 Å². The first-order valence-electron chi connectivity index (χ1n) is 4.76. The van der Waals surface area contributed by atoms with Gasteiger partial charge in [-0.2, -0.15) is 0 Å². The van der Waals surface area contributed by atoms with Crippen LogP contribution in [-0.2, 0) is 0 Å². The molecule has 0 aliphatic carbocycles. The van der Waals surface area contributed by atoms with Crippen LogP contribution in [0.1, 0.15) is 6.92 Å². The number of aromatic nitrogens is 2. The SMILES string of the molecule is CNCC(C)CNc1nc[nH]c(=O)c1Br. The molecule has 6 heteroatoms. The second kappa shape index (κ2) is 5.87. The summed E-state index contributed by atoms with van der Waals surface area (Å²) in [6.07, 6.45) is 1.39. The van der Waals surface area contributed by atoms with Crippen molar-refractivity contribution < 1.29 is 0 Å². The topological polar surface area (TPSA) is 69.8 Å². The molecule has 1 heterocycles.